The van der Waals surface area contributed by atoms with Gasteiger partial charge in [-0.1, -0.05) is 0 Å². The van der Waals surface area contributed by atoms with Crippen molar-refractivity contribution in [3.05, 3.63) is 0 Å². The van der Waals surface area contributed by atoms with E-state index in [-0.39, 0.29) is 6.61 Å². The molecule has 0 bridgehead atoms. The molecule has 0 fully saturated rings. The molecule has 0 atom stereocenters. The third-order valence-electron chi connectivity index (χ3n) is 0.337. The van der Waals surface area contributed by atoms with E-state index in [1.807, 2.05) is 0 Å². The second-order valence-corrected chi connectivity index (χ2v) is 0.774. The summed E-state index contributed by atoms with van der Waals surface area (Å²) in [4.78, 5) is 12.8. The highest BCUT2D eigenvalue weighted by molar-refractivity contribution is 5.59. The number of hydrogen-bond acceptors (Lipinski definition) is 3. The largest absolute Gasteiger partial charge is 0.530 e. The van der Waals surface area contributed by atoms with Crippen LogP contribution in [-0.4, -0.2) is 12.8 Å². The van der Waals surface area contributed by atoms with Gasteiger partial charge in [-0.2, -0.15) is 0 Å². The summed E-state index contributed by atoms with van der Waals surface area (Å²) in [5, 5.41) is 0. The van der Waals surface area contributed by atoms with Crippen molar-refractivity contribution < 1.29 is 14.4 Å². The number of nitrogens with zero attached hydrogens (tertiary/aromatic N) is 1. The number of carbonyl (C=O) groups is 1. The third-order valence-corrected chi connectivity index (χ3v) is 0.337. The third kappa shape index (κ3) is 3.05. The smallest absolute Gasteiger partial charge is 0.433 e. The first-order valence-electron chi connectivity index (χ1n) is 1.79. The highest BCUT2D eigenvalue weighted by Crippen LogP contribution is 1.76. The Bertz CT molecular complexity index is 63.2. The highest BCUT2D eigenvalue weighted by Gasteiger charge is 1.96. The summed E-state index contributed by atoms with van der Waals surface area (Å²) in [6.45, 7) is 1.82. The van der Waals surface area contributed by atoms with Gasteiger partial charge in [0.2, 0.25) is 0 Å². The molecule has 0 rings (SSSR count). The lowest BCUT2D eigenvalue weighted by molar-refractivity contribution is 0.0521. The maximum absolute atomic E-state index is 9.72. The molecule has 4 heteroatoms. The normalized spacial score (nSPS) is 7.71. The zero-order valence-electron chi connectivity index (χ0n) is 3.88. The second-order valence-electron chi connectivity index (χ2n) is 0.774. The van der Waals surface area contributed by atoms with E-state index in [1.165, 1.54) is 0 Å². The number of hydrogen-bond donors (Lipinski definition) is 0. The van der Waals surface area contributed by atoms with Crippen molar-refractivity contribution in [1.29, 1.82) is 0 Å². The minimum Gasteiger partial charge on any atom is -0.433 e. The minimum atomic E-state index is -1.07. The molecule has 0 aliphatic carbocycles. The fourth-order valence-electron chi connectivity index (χ4n) is 0.144. The summed E-state index contributed by atoms with van der Waals surface area (Å²) < 4.78 is 4.08. The van der Waals surface area contributed by atoms with Gasteiger partial charge in [0.05, 0.1) is 6.61 Å². The molecule has 0 aliphatic heterocycles. The molecule has 0 aromatic rings. The van der Waals surface area contributed by atoms with Crippen LogP contribution in [0.15, 0.2) is 0 Å². The average Bonchev–Trinajstić information content (AvgIpc) is 1.68. The van der Waals surface area contributed by atoms with Crippen LogP contribution in [0.3, 0.4) is 0 Å². The maximum atomic E-state index is 9.72. The Balaban J connectivity index is 3.00. The van der Waals surface area contributed by atoms with Gasteiger partial charge in [0, 0.05) is 0 Å². The van der Waals surface area contributed by atoms with Crippen molar-refractivity contribution in [2.75, 3.05) is 6.61 Å². The Morgan fingerprint density at radius 2 is 2.43 bits per heavy atom. The Labute approximate surface area is 41.2 Å². The molecule has 0 amide bonds. The van der Waals surface area contributed by atoms with Gasteiger partial charge in [-0.15, -0.1) is 0 Å². The lowest BCUT2D eigenvalue weighted by Gasteiger charge is -1.91. The first-order valence-corrected chi connectivity index (χ1v) is 1.79. The lowest BCUT2D eigenvalue weighted by atomic mass is 10.9. The quantitative estimate of drug-likeness (QED) is 0.350. The number of ether oxygens (including phenoxy) is 1. The molecule has 0 aliphatic rings. The fraction of sp³-hybridized carbons (Fsp3) is 0.667. The van der Waals surface area contributed by atoms with Crippen LogP contribution in [0.5, 0.6) is 0 Å². The predicted molar refractivity (Wildman–Crippen MR) is 20.2 cm³/mol. The molecule has 40 valence electrons. The van der Waals surface area contributed by atoms with E-state index in [9.17, 15) is 4.79 Å². The van der Waals surface area contributed by atoms with E-state index in [4.69, 9.17) is 5.90 Å². The molecular formula is C3H5NO3. The van der Waals surface area contributed by atoms with Crippen LogP contribution in [0.4, 0.5) is 4.79 Å². The first-order chi connectivity index (χ1) is 3.31. The van der Waals surface area contributed by atoms with Crippen molar-refractivity contribution in [2.24, 2.45) is 0 Å². The topological polar surface area (TPSA) is 57.8 Å². The Morgan fingerprint density at radius 1 is 1.86 bits per heavy atom. The molecule has 0 saturated carbocycles. The molecule has 4 nitrogen and oxygen atoms in total. The van der Waals surface area contributed by atoms with Crippen LogP contribution in [-0.2, 0) is 9.57 Å². The first kappa shape index (κ1) is 6.23. The summed E-state index contributed by atoms with van der Waals surface area (Å²) in [7, 11) is 0. The molecule has 0 aromatic carbocycles. The van der Waals surface area contributed by atoms with Gasteiger partial charge in [-0.25, -0.2) is 4.79 Å². The molecule has 7 heavy (non-hydrogen) atoms. The fourth-order valence-corrected chi connectivity index (χ4v) is 0.144. The minimum absolute atomic E-state index is 0.208. The average molecular weight is 103 g/mol. The lowest BCUT2D eigenvalue weighted by Crippen LogP contribution is -2.04. The van der Waals surface area contributed by atoms with E-state index in [0.29, 0.717) is 0 Å². The summed E-state index contributed by atoms with van der Waals surface area (Å²) in [6, 6.07) is 0. The molecule has 0 spiro atoms. The van der Waals surface area contributed by atoms with Gasteiger partial charge < -0.3 is 4.74 Å². The molecular weight excluding hydrogens is 98.0 g/mol. The maximum Gasteiger partial charge on any atom is 0.530 e. The summed E-state index contributed by atoms with van der Waals surface area (Å²) >= 11 is 0. The van der Waals surface area contributed by atoms with E-state index in [1.54, 1.807) is 6.92 Å². The van der Waals surface area contributed by atoms with Crippen LogP contribution in [0.2, 0.25) is 0 Å². The van der Waals surface area contributed by atoms with Gasteiger partial charge in [-0.3, -0.25) is 4.84 Å². The van der Waals surface area contributed by atoms with Crippen LogP contribution >= 0.6 is 0 Å². The van der Waals surface area contributed by atoms with Crippen molar-refractivity contribution in [3.63, 3.8) is 0 Å². The monoisotopic (exact) mass is 103 g/mol. The van der Waals surface area contributed by atoms with E-state index >= 15 is 0 Å². The highest BCUT2D eigenvalue weighted by atomic mass is 16.8. The summed E-state index contributed by atoms with van der Waals surface area (Å²) in [5.41, 5.74) is 0. The SMILES string of the molecule is CCOC(=O)O[N]. The Kier molecular flexibility index (Phi) is 3.04. The van der Waals surface area contributed by atoms with Crippen LogP contribution in [0.25, 0.3) is 0 Å². The van der Waals surface area contributed by atoms with Crippen molar-refractivity contribution in [2.45, 2.75) is 6.92 Å². The number of rotatable bonds is 1. The second kappa shape index (κ2) is 3.42. The summed E-state index contributed by atoms with van der Waals surface area (Å²) in [6.07, 6.45) is -1.07. The van der Waals surface area contributed by atoms with Gasteiger partial charge in [-0.05, 0) is 6.92 Å². The molecule has 0 heterocycles. The van der Waals surface area contributed by atoms with Crippen LogP contribution < -0.4 is 5.90 Å². The van der Waals surface area contributed by atoms with Crippen molar-refractivity contribution in [1.82, 2.24) is 5.90 Å². The Hall–Kier alpha value is -0.770. The summed E-state index contributed by atoms with van der Waals surface area (Å²) in [5.74, 6) is 7.49. The van der Waals surface area contributed by atoms with E-state index in [0.717, 1.165) is 0 Å². The van der Waals surface area contributed by atoms with Crippen molar-refractivity contribution in [3.8, 4) is 0 Å². The zero-order chi connectivity index (χ0) is 5.70. The molecule has 0 saturated heterocycles. The van der Waals surface area contributed by atoms with E-state index in [2.05, 4.69) is 9.57 Å². The van der Waals surface area contributed by atoms with E-state index < -0.39 is 6.16 Å². The number of carbonyl (C=O) groups excluding carboxylic acids is 1. The molecule has 0 aromatic heterocycles. The molecule has 0 N–H and O–H groups in total. The molecule has 2 radical (unpaired) electrons. The molecule has 0 unspecified atom stereocenters. The Morgan fingerprint density at radius 3 is 2.57 bits per heavy atom. The predicted octanol–water partition coefficient (Wildman–Crippen LogP) is 0.143. The van der Waals surface area contributed by atoms with Crippen LogP contribution in [0, 0.1) is 0 Å². The van der Waals surface area contributed by atoms with Gasteiger partial charge in [0.1, 0.15) is 5.90 Å². The van der Waals surface area contributed by atoms with Crippen molar-refractivity contribution >= 4 is 6.16 Å². The standard InChI is InChI=1S/C3H5NO3/c1-2-6-3(5)7-4/h2H2,1H3. The zero-order valence-corrected chi connectivity index (χ0v) is 3.88. The van der Waals surface area contributed by atoms with Gasteiger partial charge in [0.15, 0.2) is 0 Å². The van der Waals surface area contributed by atoms with Gasteiger partial charge >= 0.3 is 6.16 Å². The van der Waals surface area contributed by atoms with Crippen LogP contribution in [0.1, 0.15) is 6.92 Å². The van der Waals surface area contributed by atoms with Gasteiger partial charge in [0.25, 0.3) is 0 Å².